The molecule has 1 heterocycles. The van der Waals surface area contributed by atoms with Gasteiger partial charge >= 0.3 is 0 Å². The Morgan fingerprint density at radius 1 is 1.33 bits per heavy atom. The van der Waals surface area contributed by atoms with Crippen molar-refractivity contribution in [2.24, 2.45) is 7.05 Å². The smallest absolute Gasteiger partial charge is 0.259 e. The highest BCUT2D eigenvalue weighted by molar-refractivity contribution is 6.31. The van der Waals surface area contributed by atoms with E-state index in [4.69, 9.17) is 16.3 Å². The van der Waals surface area contributed by atoms with Crippen molar-refractivity contribution in [3.05, 3.63) is 40.2 Å². The lowest BCUT2D eigenvalue weighted by Crippen LogP contribution is -2.17. The lowest BCUT2D eigenvalue weighted by atomic mass is 10.1. The summed E-state index contributed by atoms with van der Waals surface area (Å²) in [6.07, 6.45) is 4.69. The third-order valence-electron chi connectivity index (χ3n) is 4.52. The molecule has 1 aromatic heterocycles. The van der Waals surface area contributed by atoms with Gasteiger partial charge in [0.1, 0.15) is 5.75 Å². The SMILES string of the molecule is Cc1nn(C)c(C)c1C(=O)Nc1cc(Cl)ccc1OC1CCCC1. The number of rotatable bonds is 4. The van der Waals surface area contributed by atoms with Crippen molar-refractivity contribution in [2.75, 3.05) is 5.32 Å². The summed E-state index contributed by atoms with van der Waals surface area (Å²) in [4.78, 5) is 12.7. The first kappa shape index (κ1) is 16.8. The number of amides is 1. The molecule has 1 saturated carbocycles. The average Bonchev–Trinajstić information content (AvgIpc) is 3.11. The highest BCUT2D eigenvalue weighted by atomic mass is 35.5. The van der Waals surface area contributed by atoms with Crippen molar-refractivity contribution < 1.29 is 9.53 Å². The second-order valence-corrected chi connectivity index (χ2v) is 6.72. The predicted octanol–water partition coefficient (Wildman–Crippen LogP) is 4.26. The maximum Gasteiger partial charge on any atom is 0.259 e. The Bertz CT molecular complexity index is 764. The molecule has 1 aliphatic rings. The Morgan fingerprint density at radius 2 is 2.04 bits per heavy atom. The van der Waals surface area contributed by atoms with E-state index in [2.05, 4.69) is 10.4 Å². The molecule has 1 amide bonds. The molecule has 1 fully saturated rings. The molecule has 0 bridgehead atoms. The molecule has 0 aliphatic heterocycles. The summed E-state index contributed by atoms with van der Waals surface area (Å²) in [5.41, 5.74) is 2.71. The molecule has 1 N–H and O–H groups in total. The fraction of sp³-hybridized carbons (Fsp3) is 0.444. The van der Waals surface area contributed by atoms with Gasteiger partial charge in [-0.1, -0.05) is 11.6 Å². The minimum atomic E-state index is -0.198. The maximum atomic E-state index is 12.7. The topological polar surface area (TPSA) is 56.2 Å². The Balaban J connectivity index is 1.85. The van der Waals surface area contributed by atoms with Crippen LogP contribution in [0.5, 0.6) is 5.75 Å². The Morgan fingerprint density at radius 3 is 2.67 bits per heavy atom. The Kier molecular flexibility index (Phi) is 4.81. The molecule has 0 radical (unpaired) electrons. The van der Waals surface area contributed by atoms with Gasteiger partial charge in [-0.2, -0.15) is 5.10 Å². The molecule has 0 saturated heterocycles. The molecule has 128 valence electrons. The fourth-order valence-corrected chi connectivity index (χ4v) is 3.35. The summed E-state index contributed by atoms with van der Waals surface area (Å²) in [5.74, 6) is 0.468. The summed E-state index contributed by atoms with van der Waals surface area (Å²) in [6, 6.07) is 5.33. The van der Waals surface area contributed by atoms with Crippen LogP contribution < -0.4 is 10.1 Å². The number of aromatic nitrogens is 2. The van der Waals surface area contributed by atoms with Crippen LogP contribution in [0.4, 0.5) is 5.69 Å². The number of benzene rings is 1. The largest absolute Gasteiger partial charge is 0.488 e. The second kappa shape index (κ2) is 6.85. The zero-order valence-electron chi connectivity index (χ0n) is 14.2. The number of halogens is 1. The van der Waals surface area contributed by atoms with Crippen LogP contribution in [-0.2, 0) is 7.05 Å². The number of nitrogens with one attached hydrogen (secondary N) is 1. The first-order chi connectivity index (χ1) is 11.5. The number of carbonyl (C=O) groups is 1. The molecular formula is C18H22ClN3O2. The van der Waals surface area contributed by atoms with Gasteiger partial charge in [0.05, 0.1) is 23.0 Å². The van der Waals surface area contributed by atoms with Crippen LogP contribution >= 0.6 is 11.6 Å². The van der Waals surface area contributed by atoms with E-state index in [1.807, 2.05) is 27.0 Å². The number of carbonyl (C=O) groups excluding carboxylic acids is 1. The summed E-state index contributed by atoms with van der Waals surface area (Å²) in [6.45, 7) is 3.71. The highest BCUT2D eigenvalue weighted by Crippen LogP contribution is 2.32. The summed E-state index contributed by atoms with van der Waals surface area (Å²) in [5, 5.41) is 7.79. The molecule has 24 heavy (non-hydrogen) atoms. The lowest BCUT2D eigenvalue weighted by molar-refractivity contribution is 0.102. The van der Waals surface area contributed by atoms with E-state index in [9.17, 15) is 4.79 Å². The summed E-state index contributed by atoms with van der Waals surface area (Å²) >= 11 is 6.11. The van der Waals surface area contributed by atoms with Gasteiger partial charge in [0.2, 0.25) is 0 Å². The van der Waals surface area contributed by atoms with E-state index in [1.165, 1.54) is 12.8 Å². The molecule has 6 heteroatoms. The molecule has 0 spiro atoms. The van der Waals surface area contributed by atoms with Crippen molar-refractivity contribution in [1.82, 2.24) is 9.78 Å². The summed E-state index contributed by atoms with van der Waals surface area (Å²) in [7, 11) is 1.83. The van der Waals surface area contributed by atoms with Gasteiger partial charge in [0, 0.05) is 17.8 Å². The minimum absolute atomic E-state index is 0.198. The molecule has 1 aromatic carbocycles. The number of nitrogens with zero attached hydrogens (tertiary/aromatic N) is 2. The van der Waals surface area contributed by atoms with Crippen molar-refractivity contribution in [1.29, 1.82) is 0 Å². The predicted molar refractivity (Wildman–Crippen MR) is 95.0 cm³/mol. The van der Waals surface area contributed by atoms with Crippen molar-refractivity contribution in [3.8, 4) is 5.75 Å². The number of hydrogen-bond donors (Lipinski definition) is 1. The maximum absolute atomic E-state index is 12.7. The third kappa shape index (κ3) is 3.41. The van der Waals surface area contributed by atoms with E-state index in [-0.39, 0.29) is 12.0 Å². The molecule has 3 rings (SSSR count). The van der Waals surface area contributed by atoms with Gasteiger partial charge in [-0.3, -0.25) is 9.48 Å². The number of anilines is 1. The monoisotopic (exact) mass is 347 g/mol. The van der Waals surface area contributed by atoms with E-state index in [1.54, 1.807) is 16.8 Å². The highest BCUT2D eigenvalue weighted by Gasteiger charge is 2.21. The molecule has 0 unspecified atom stereocenters. The first-order valence-electron chi connectivity index (χ1n) is 8.23. The quantitative estimate of drug-likeness (QED) is 0.898. The number of hydrogen-bond acceptors (Lipinski definition) is 3. The van der Waals surface area contributed by atoms with Crippen LogP contribution in [0, 0.1) is 13.8 Å². The third-order valence-corrected chi connectivity index (χ3v) is 4.76. The first-order valence-corrected chi connectivity index (χ1v) is 8.61. The molecule has 0 atom stereocenters. The van der Waals surface area contributed by atoms with Crippen molar-refractivity contribution in [2.45, 2.75) is 45.6 Å². The second-order valence-electron chi connectivity index (χ2n) is 6.29. The van der Waals surface area contributed by atoms with Gasteiger partial charge in [-0.05, 0) is 57.7 Å². The van der Waals surface area contributed by atoms with E-state index < -0.39 is 0 Å². The average molecular weight is 348 g/mol. The molecule has 1 aliphatic carbocycles. The van der Waals surface area contributed by atoms with Crippen LogP contribution in [-0.4, -0.2) is 21.8 Å². The van der Waals surface area contributed by atoms with Crippen molar-refractivity contribution in [3.63, 3.8) is 0 Å². The summed E-state index contributed by atoms with van der Waals surface area (Å²) < 4.78 is 7.78. The van der Waals surface area contributed by atoms with Crippen LogP contribution in [0.1, 0.15) is 47.4 Å². The Labute approximate surface area is 147 Å². The molecule has 5 nitrogen and oxygen atoms in total. The van der Waals surface area contributed by atoms with E-state index in [0.717, 1.165) is 18.5 Å². The molecule has 2 aromatic rings. The van der Waals surface area contributed by atoms with E-state index in [0.29, 0.717) is 27.7 Å². The van der Waals surface area contributed by atoms with Gasteiger partial charge < -0.3 is 10.1 Å². The zero-order valence-corrected chi connectivity index (χ0v) is 15.0. The van der Waals surface area contributed by atoms with Gasteiger partial charge in [-0.15, -0.1) is 0 Å². The Hall–Kier alpha value is -2.01. The van der Waals surface area contributed by atoms with Gasteiger partial charge in [0.15, 0.2) is 0 Å². The lowest BCUT2D eigenvalue weighted by Gasteiger charge is -2.17. The van der Waals surface area contributed by atoms with Gasteiger partial charge in [-0.25, -0.2) is 0 Å². The minimum Gasteiger partial charge on any atom is -0.488 e. The van der Waals surface area contributed by atoms with Crippen LogP contribution in [0.25, 0.3) is 0 Å². The van der Waals surface area contributed by atoms with Crippen LogP contribution in [0.2, 0.25) is 5.02 Å². The number of ether oxygens (including phenoxy) is 1. The van der Waals surface area contributed by atoms with Gasteiger partial charge in [0.25, 0.3) is 5.91 Å². The van der Waals surface area contributed by atoms with Crippen LogP contribution in [0.3, 0.4) is 0 Å². The standard InChI is InChI=1S/C18H22ClN3O2/c1-11-17(12(2)22(3)21-11)18(23)20-15-10-13(19)8-9-16(15)24-14-6-4-5-7-14/h8-10,14H,4-7H2,1-3H3,(H,20,23). The van der Waals surface area contributed by atoms with E-state index >= 15 is 0 Å². The van der Waals surface area contributed by atoms with Crippen molar-refractivity contribution >= 4 is 23.2 Å². The fourth-order valence-electron chi connectivity index (χ4n) is 3.18. The zero-order chi connectivity index (χ0) is 17.3. The molecular weight excluding hydrogens is 326 g/mol. The number of aryl methyl sites for hydroxylation is 2. The normalized spacial score (nSPS) is 14.8. The van der Waals surface area contributed by atoms with Crippen LogP contribution in [0.15, 0.2) is 18.2 Å².